The van der Waals surface area contributed by atoms with E-state index in [9.17, 15) is 5.11 Å². The minimum absolute atomic E-state index is 0.0412. The Hall–Kier alpha value is -0.963. The summed E-state index contributed by atoms with van der Waals surface area (Å²) < 4.78 is 30.2. The second kappa shape index (κ2) is 22.6. The second-order valence-corrected chi connectivity index (χ2v) is 26.7. The standard InChI is InChI=1S/C52H90O6Si/c1-50(2,3)59(5,6)58-42-28-30-43-41(39-42)27-29-45-44(43)31-34-51(4)46(45)40-52(49(51)53,32-19-13-9-7-11-15-21-35-54-47-25-17-23-37-56-47)33-20-14-10-8-12-16-22-36-55-48-26-18-24-38-57-48/h28,30,39,44-49,53H,7-27,29,31-38,40H2,1-6H3/t44-,45-,46+,47?,48?,49-,51+,52?/m1/s1. The van der Waals surface area contributed by atoms with Crippen LogP contribution in [0.25, 0.3) is 0 Å². The van der Waals surface area contributed by atoms with Gasteiger partial charge >= 0.3 is 0 Å². The fraction of sp³-hybridized carbons (Fsp3) is 0.885. The van der Waals surface area contributed by atoms with Gasteiger partial charge in [0.15, 0.2) is 12.6 Å². The predicted octanol–water partition coefficient (Wildman–Crippen LogP) is 14.2. The van der Waals surface area contributed by atoms with Crippen molar-refractivity contribution in [1.29, 1.82) is 0 Å². The zero-order valence-electron chi connectivity index (χ0n) is 39.1. The summed E-state index contributed by atoms with van der Waals surface area (Å²) in [5.41, 5.74) is 3.25. The van der Waals surface area contributed by atoms with Crippen LogP contribution in [0.3, 0.4) is 0 Å². The van der Waals surface area contributed by atoms with Gasteiger partial charge in [-0.2, -0.15) is 0 Å². The quantitative estimate of drug-likeness (QED) is 0.0826. The summed E-state index contributed by atoms with van der Waals surface area (Å²) in [6, 6.07) is 7.16. The first kappa shape index (κ1) is 47.5. The van der Waals surface area contributed by atoms with Crippen molar-refractivity contribution < 1.29 is 28.5 Å². The monoisotopic (exact) mass is 839 g/mol. The Labute approximate surface area is 363 Å². The van der Waals surface area contributed by atoms with E-state index in [1.54, 1.807) is 5.56 Å². The molecule has 2 aliphatic heterocycles. The average molecular weight is 839 g/mol. The summed E-state index contributed by atoms with van der Waals surface area (Å²) in [5, 5.41) is 12.9. The van der Waals surface area contributed by atoms with Crippen LogP contribution >= 0.6 is 0 Å². The van der Waals surface area contributed by atoms with E-state index in [0.717, 1.165) is 70.7 Å². The number of ether oxygens (including phenoxy) is 4. The minimum Gasteiger partial charge on any atom is -0.543 e. The highest BCUT2D eigenvalue weighted by atomic mass is 28.4. The van der Waals surface area contributed by atoms with Crippen molar-refractivity contribution in [2.24, 2.45) is 22.7 Å². The molecule has 1 aromatic carbocycles. The van der Waals surface area contributed by atoms with E-state index in [2.05, 4.69) is 59.0 Å². The predicted molar refractivity (Wildman–Crippen MR) is 246 cm³/mol. The molecule has 0 bridgehead atoms. The van der Waals surface area contributed by atoms with Gasteiger partial charge in [-0.25, -0.2) is 0 Å². The Kier molecular flexibility index (Phi) is 18.2. The lowest BCUT2D eigenvalue weighted by Gasteiger charge is -2.50. The van der Waals surface area contributed by atoms with Crippen molar-refractivity contribution in [3.05, 3.63) is 29.3 Å². The van der Waals surface area contributed by atoms with Gasteiger partial charge < -0.3 is 28.5 Å². The Balaban J connectivity index is 0.997. The largest absolute Gasteiger partial charge is 0.543 e. The summed E-state index contributed by atoms with van der Waals surface area (Å²) in [6.45, 7) is 17.6. The van der Waals surface area contributed by atoms with Crippen LogP contribution in [-0.2, 0) is 25.4 Å². The molecule has 338 valence electrons. The number of aryl methyl sites for hydroxylation is 1. The molecule has 2 saturated heterocycles. The van der Waals surface area contributed by atoms with Crippen molar-refractivity contribution in [2.45, 2.75) is 244 Å². The highest BCUT2D eigenvalue weighted by Crippen LogP contribution is 2.67. The number of aliphatic hydroxyl groups excluding tert-OH is 1. The number of fused-ring (bicyclic) bond motifs is 5. The summed E-state index contributed by atoms with van der Waals surface area (Å²) in [6.07, 6.45) is 33.2. The van der Waals surface area contributed by atoms with E-state index in [-0.39, 0.29) is 34.6 Å². The van der Waals surface area contributed by atoms with Crippen LogP contribution in [0.5, 0.6) is 5.75 Å². The van der Waals surface area contributed by atoms with E-state index in [1.807, 2.05) is 0 Å². The molecule has 1 aromatic rings. The number of hydrogen-bond donors (Lipinski definition) is 1. The van der Waals surface area contributed by atoms with Crippen molar-refractivity contribution in [1.82, 2.24) is 0 Å². The zero-order valence-corrected chi connectivity index (χ0v) is 40.1. The summed E-state index contributed by atoms with van der Waals surface area (Å²) >= 11 is 0. The first-order valence-electron chi connectivity index (χ1n) is 25.4. The molecule has 2 heterocycles. The normalized spacial score (nSPS) is 31.1. The van der Waals surface area contributed by atoms with Gasteiger partial charge in [0.05, 0.1) is 6.10 Å². The molecule has 0 aromatic heterocycles. The smallest absolute Gasteiger partial charge is 0.250 e. The van der Waals surface area contributed by atoms with Gasteiger partial charge in [0.25, 0.3) is 0 Å². The number of rotatable bonds is 24. The van der Waals surface area contributed by atoms with Gasteiger partial charge in [-0.1, -0.05) is 111 Å². The van der Waals surface area contributed by atoms with Crippen molar-refractivity contribution in [3.8, 4) is 5.75 Å². The molecule has 59 heavy (non-hydrogen) atoms. The number of unbranched alkanes of at least 4 members (excludes halogenated alkanes) is 12. The van der Waals surface area contributed by atoms with E-state index in [4.69, 9.17) is 23.4 Å². The minimum atomic E-state index is -1.89. The second-order valence-electron chi connectivity index (χ2n) is 21.9. The highest BCUT2D eigenvalue weighted by molar-refractivity contribution is 6.74. The molecule has 4 fully saturated rings. The van der Waals surface area contributed by atoms with Gasteiger partial charge in [-0.3, -0.25) is 0 Å². The van der Waals surface area contributed by atoms with Gasteiger partial charge in [-0.05, 0) is 166 Å². The third kappa shape index (κ3) is 12.8. The summed E-state index contributed by atoms with van der Waals surface area (Å²) in [4.78, 5) is 0. The Morgan fingerprint density at radius 2 is 1.25 bits per heavy atom. The molecule has 7 heteroatoms. The van der Waals surface area contributed by atoms with E-state index >= 15 is 0 Å². The van der Waals surface area contributed by atoms with Gasteiger partial charge in [0.2, 0.25) is 8.32 Å². The summed E-state index contributed by atoms with van der Waals surface area (Å²) in [7, 11) is -1.89. The van der Waals surface area contributed by atoms with Crippen LogP contribution in [0.15, 0.2) is 18.2 Å². The van der Waals surface area contributed by atoms with Crippen LogP contribution in [-0.4, -0.2) is 58.5 Å². The molecule has 5 aliphatic rings. The summed E-state index contributed by atoms with van der Waals surface area (Å²) in [5.74, 6) is 3.02. The SMILES string of the molecule is CC(C)(C)[Si](C)(C)Oc1ccc2c(c1)CC[C@@H]1[C@@H]2CC[C@@]2(C)[C@H]1CC(CCCCCCCCCOC1CCCCO1)(CCCCCCCCCOC1CCCCO1)[C@@H]2O. The van der Waals surface area contributed by atoms with Crippen molar-refractivity contribution >= 4 is 8.32 Å². The Morgan fingerprint density at radius 1 is 0.712 bits per heavy atom. The lowest BCUT2D eigenvalue weighted by atomic mass is 9.55. The van der Waals surface area contributed by atoms with Crippen LogP contribution in [0.4, 0.5) is 0 Å². The molecule has 0 radical (unpaired) electrons. The Bertz CT molecular complexity index is 1330. The average Bonchev–Trinajstić information content (AvgIpc) is 3.45. The van der Waals surface area contributed by atoms with Crippen LogP contribution in [0.2, 0.25) is 18.1 Å². The van der Waals surface area contributed by atoms with E-state index < -0.39 is 8.32 Å². The van der Waals surface area contributed by atoms with E-state index in [1.165, 1.54) is 140 Å². The maximum atomic E-state index is 12.7. The Morgan fingerprint density at radius 3 is 1.78 bits per heavy atom. The van der Waals surface area contributed by atoms with Crippen LogP contribution in [0.1, 0.15) is 212 Å². The molecule has 3 aliphatic carbocycles. The van der Waals surface area contributed by atoms with Crippen molar-refractivity contribution in [3.63, 3.8) is 0 Å². The van der Waals surface area contributed by atoms with E-state index in [0.29, 0.717) is 17.8 Å². The number of aliphatic hydroxyl groups is 1. The third-order valence-corrected chi connectivity index (χ3v) is 21.0. The molecular weight excluding hydrogens is 749 g/mol. The lowest BCUT2D eigenvalue weighted by Crippen LogP contribution is -2.46. The van der Waals surface area contributed by atoms with Gasteiger partial charge in [0.1, 0.15) is 5.75 Å². The fourth-order valence-electron chi connectivity index (χ4n) is 12.0. The van der Waals surface area contributed by atoms with Crippen LogP contribution < -0.4 is 4.43 Å². The van der Waals surface area contributed by atoms with Crippen molar-refractivity contribution in [2.75, 3.05) is 26.4 Å². The maximum absolute atomic E-state index is 12.7. The molecule has 0 spiro atoms. The van der Waals surface area contributed by atoms with Gasteiger partial charge in [-0.15, -0.1) is 0 Å². The zero-order chi connectivity index (χ0) is 41.8. The van der Waals surface area contributed by atoms with Gasteiger partial charge in [0, 0.05) is 26.4 Å². The number of hydrogen-bond acceptors (Lipinski definition) is 6. The molecule has 6 nitrogen and oxygen atoms in total. The molecule has 7 atom stereocenters. The topological polar surface area (TPSA) is 66.4 Å². The molecule has 1 N–H and O–H groups in total. The van der Waals surface area contributed by atoms with Crippen LogP contribution in [0, 0.1) is 22.7 Å². The first-order valence-corrected chi connectivity index (χ1v) is 28.3. The number of benzene rings is 1. The molecule has 6 rings (SSSR count). The third-order valence-electron chi connectivity index (χ3n) is 16.7. The molecule has 0 amide bonds. The molecule has 2 saturated carbocycles. The fourth-order valence-corrected chi connectivity index (χ4v) is 13.1. The molecule has 2 unspecified atom stereocenters. The maximum Gasteiger partial charge on any atom is 0.250 e. The highest BCUT2D eigenvalue weighted by Gasteiger charge is 2.63. The molecular formula is C52H90O6Si. The lowest BCUT2D eigenvalue weighted by molar-refractivity contribution is -0.163. The first-order chi connectivity index (χ1) is 28.4.